The summed E-state index contributed by atoms with van der Waals surface area (Å²) in [5.41, 5.74) is 0. The monoisotopic (exact) mass is 170 g/mol. The molecule has 0 saturated heterocycles. The number of hydrogen-bond acceptors (Lipinski definition) is 2. The summed E-state index contributed by atoms with van der Waals surface area (Å²) < 4.78 is 0.299. The molecule has 0 aromatic heterocycles. The zero-order valence-electron chi connectivity index (χ0n) is 6.41. The molecule has 0 rings (SSSR count). The SMILES string of the molecule is C=CC(=O)O.C[CH2][Mg][C](=O)O. The van der Waals surface area contributed by atoms with Crippen LogP contribution in [0.2, 0.25) is 4.55 Å². The van der Waals surface area contributed by atoms with E-state index in [0.717, 1.165) is 10.6 Å². The Kier molecular flexibility index (Phi) is 11.2. The normalized spacial score (nSPS) is 6.64. The van der Waals surface area contributed by atoms with Crippen LogP contribution in [0.3, 0.4) is 0 Å². The van der Waals surface area contributed by atoms with Crippen molar-refractivity contribution < 1.29 is 19.8 Å². The maximum Gasteiger partial charge on any atom is 0.536 e. The van der Waals surface area contributed by atoms with Gasteiger partial charge in [-0.25, -0.2) is 4.79 Å². The summed E-state index contributed by atoms with van der Waals surface area (Å²) in [5.74, 6) is -0.981. The molecule has 0 atom stereocenters. The minimum atomic E-state index is -0.981. The molecule has 0 spiro atoms. The van der Waals surface area contributed by atoms with Crippen molar-refractivity contribution in [1.29, 1.82) is 0 Å². The smallest absolute Gasteiger partial charge is 0.507 e. The van der Waals surface area contributed by atoms with Gasteiger partial charge in [0, 0.05) is 6.08 Å². The molecule has 0 aromatic rings. The third-order valence-electron chi connectivity index (χ3n) is 0.638. The fraction of sp³-hybridized carbons (Fsp3) is 0.333. The Morgan fingerprint density at radius 2 is 1.91 bits per heavy atom. The fourth-order valence-electron chi connectivity index (χ4n) is 0.214. The van der Waals surface area contributed by atoms with E-state index < -0.39 is 30.4 Å². The lowest BCUT2D eigenvalue weighted by Gasteiger charge is -1.76. The molecule has 0 saturated carbocycles. The molecular formula is C6H10MgO4. The van der Waals surface area contributed by atoms with Gasteiger partial charge in [-0.1, -0.05) is 13.5 Å². The second kappa shape index (κ2) is 9.45. The highest BCUT2D eigenvalue weighted by Gasteiger charge is 1.98. The van der Waals surface area contributed by atoms with Crippen molar-refractivity contribution >= 4 is 30.4 Å². The minimum Gasteiger partial charge on any atom is -0.507 e. The van der Waals surface area contributed by atoms with Crippen molar-refractivity contribution in [1.82, 2.24) is 0 Å². The molecule has 0 aliphatic rings. The lowest BCUT2D eigenvalue weighted by Crippen LogP contribution is -2.01. The Bertz CT molecular complexity index is 144. The Balaban J connectivity index is 0. The molecule has 0 bridgehead atoms. The van der Waals surface area contributed by atoms with Crippen molar-refractivity contribution in [3.8, 4) is 0 Å². The molecule has 0 aliphatic carbocycles. The standard InChI is InChI=1S/C3H4O2.C2H5.CHO2.Mg/c1-2-3(4)5;1-2;2-1-3;/h2H,1H2,(H,4,5);1H2,2H3;(H,2,3);. The van der Waals surface area contributed by atoms with E-state index in [9.17, 15) is 9.59 Å². The average Bonchev–Trinajstić information content (AvgIpc) is 1.89. The largest absolute Gasteiger partial charge is 0.536 e. The molecule has 0 aliphatic heterocycles. The van der Waals surface area contributed by atoms with Gasteiger partial charge in [0.1, 0.15) is 4.10 Å². The second-order valence-corrected chi connectivity index (χ2v) is 3.79. The topological polar surface area (TPSA) is 74.6 Å². The van der Waals surface area contributed by atoms with E-state index >= 15 is 0 Å². The molecule has 5 heteroatoms. The summed E-state index contributed by atoms with van der Waals surface area (Å²) in [5, 5.41) is 15.6. The van der Waals surface area contributed by atoms with Gasteiger partial charge in [0.05, 0.1) is 0 Å². The Morgan fingerprint density at radius 1 is 1.55 bits per heavy atom. The van der Waals surface area contributed by atoms with Crippen molar-refractivity contribution in [2.24, 2.45) is 0 Å². The number of rotatable bonds is 3. The van der Waals surface area contributed by atoms with Gasteiger partial charge >= 0.3 is 26.3 Å². The maximum atomic E-state index is 9.66. The first-order valence-corrected chi connectivity index (χ1v) is 4.82. The van der Waals surface area contributed by atoms with Gasteiger partial charge in [0.25, 0.3) is 0 Å². The van der Waals surface area contributed by atoms with Crippen LogP contribution in [0.25, 0.3) is 0 Å². The van der Waals surface area contributed by atoms with Crippen LogP contribution in [-0.4, -0.2) is 40.6 Å². The van der Waals surface area contributed by atoms with Crippen molar-refractivity contribution in [3.05, 3.63) is 12.7 Å². The van der Waals surface area contributed by atoms with Crippen LogP contribution >= 0.6 is 0 Å². The zero-order chi connectivity index (χ0) is 9.28. The maximum absolute atomic E-state index is 9.66. The van der Waals surface area contributed by atoms with Gasteiger partial charge in [0.2, 0.25) is 0 Å². The van der Waals surface area contributed by atoms with Gasteiger partial charge in [-0.15, -0.1) is 4.55 Å². The molecule has 4 nitrogen and oxygen atoms in total. The van der Waals surface area contributed by atoms with E-state index in [1.165, 1.54) is 0 Å². The molecule has 0 heterocycles. The molecule has 0 radical (unpaired) electrons. The molecule has 11 heavy (non-hydrogen) atoms. The molecule has 0 fully saturated rings. The summed E-state index contributed by atoms with van der Waals surface area (Å²) in [4.78, 5) is 18.9. The van der Waals surface area contributed by atoms with E-state index in [2.05, 4.69) is 6.58 Å². The number of carboxylic acids is 1. The Hall–Kier alpha value is -0.554. The third kappa shape index (κ3) is 26.5. The molecular weight excluding hydrogens is 160 g/mol. The van der Waals surface area contributed by atoms with Crippen LogP contribution in [0.1, 0.15) is 6.92 Å². The highest BCUT2D eigenvalue weighted by atomic mass is 24.5. The van der Waals surface area contributed by atoms with E-state index in [1.807, 2.05) is 6.92 Å². The minimum absolute atomic E-state index is 0.572. The van der Waals surface area contributed by atoms with Crippen molar-refractivity contribution in [2.45, 2.75) is 11.5 Å². The predicted octanol–water partition coefficient (Wildman–Crippen LogP) is 1.06. The van der Waals surface area contributed by atoms with E-state index in [4.69, 9.17) is 10.2 Å². The summed E-state index contributed by atoms with van der Waals surface area (Å²) in [6, 6.07) is 0. The Morgan fingerprint density at radius 3 is 1.91 bits per heavy atom. The summed E-state index contributed by atoms with van der Waals surface area (Å²) >= 11 is -0.727. The van der Waals surface area contributed by atoms with Gasteiger partial charge in [-0.3, -0.25) is 4.79 Å². The van der Waals surface area contributed by atoms with Crippen LogP contribution in [0.5, 0.6) is 0 Å². The zero-order valence-corrected chi connectivity index (χ0v) is 7.82. The van der Waals surface area contributed by atoms with Crippen molar-refractivity contribution in [2.75, 3.05) is 0 Å². The highest BCUT2D eigenvalue weighted by molar-refractivity contribution is 6.71. The van der Waals surface area contributed by atoms with Gasteiger partial charge in [-0.2, -0.15) is 0 Å². The fourth-order valence-corrected chi connectivity index (χ4v) is 0.642. The van der Waals surface area contributed by atoms with Crippen LogP contribution in [-0.2, 0) is 4.79 Å². The lowest BCUT2D eigenvalue weighted by molar-refractivity contribution is -0.131. The predicted molar refractivity (Wildman–Crippen MR) is 42.1 cm³/mol. The van der Waals surface area contributed by atoms with Gasteiger partial charge in [0.15, 0.2) is 0 Å². The number of aliphatic carboxylic acids is 1. The summed E-state index contributed by atoms with van der Waals surface area (Å²) in [7, 11) is 0. The molecule has 0 aromatic carbocycles. The van der Waals surface area contributed by atoms with Crippen LogP contribution < -0.4 is 0 Å². The van der Waals surface area contributed by atoms with Crippen LogP contribution in [0, 0.1) is 0 Å². The van der Waals surface area contributed by atoms with Gasteiger partial charge < -0.3 is 10.2 Å². The molecule has 0 amide bonds. The average molecular weight is 170 g/mol. The summed E-state index contributed by atoms with van der Waals surface area (Å²) in [6.45, 7) is 4.86. The molecule has 60 valence electrons. The highest BCUT2D eigenvalue weighted by Crippen LogP contribution is 1.71. The number of carbonyl (C=O) groups is 2. The van der Waals surface area contributed by atoms with E-state index in [0.29, 0.717) is 0 Å². The molecule has 2 N–H and O–H groups in total. The van der Waals surface area contributed by atoms with Crippen molar-refractivity contribution in [3.63, 3.8) is 0 Å². The second-order valence-electron chi connectivity index (χ2n) is 1.69. The van der Waals surface area contributed by atoms with Gasteiger partial charge in [-0.05, 0) is 0 Å². The van der Waals surface area contributed by atoms with Crippen LogP contribution in [0.15, 0.2) is 12.7 Å². The number of carboxylic acid groups (broad SMARTS) is 2. The first-order chi connectivity index (χ1) is 5.04. The van der Waals surface area contributed by atoms with E-state index in [1.54, 1.807) is 0 Å². The quantitative estimate of drug-likeness (QED) is 0.491. The van der Waals surface area contributed by atoms with Crippen LogP contribution in [0.4, 0.5) is 4.79 Å². The Labute approximate surface area is 74.6 Å². The third-order valence-corrected chi connectivity index (χ3v) is 1.57. The first kappa shape index (κ1) is 13.1. The molecule has 0 unspecified atom stereocenters. The summed E-state index contributed by atoms with van der Waals surface area (Å²) in [6.07, 6.45) is 0.833. The first-order valence-electron chi connectivity index (χ1n) is 3.11. The number of hydrogen-bond donors (Lipinski definition) is 2. The van der Waals surface area contributed by atoms with E-state index in [-0.39, 0.29) is 0 Å². The lowest BCUT2D eigenvalue weighted by atomic mass is 10.7.